The summed E-state index contributed by atoms with van der Waals surface area (Å²) in [5.41, 5.74) is 1.17. The fourth-order valence-electron chi connectivity index (χ4n) is 2.07. The van der Waals surface area contributed by atoms with Gasteiger partial charge in [-0.2, -0.15) is 11.8 Å². The number of ether oxygens (including phenoxy) is 1. The van der Waals surface area contributed by atoms with E-state index in [1.165, 1.54) is 24.2 Å². The number of halogens is 1. The first-order valence-electron chi connectivity index (χ1n) is 7.78. The minimum absolute atomic E-state index is 0. The zero-order valence-electron chi connectivity index (χ0n) is 14.7. The lowest BCUT2D eigenvalue weighted by molar-refractivity contribution is 0.280. The molecule has 0 fully saturated rings. The lowest BCUT2D eigenvalue weighted by Gasteiger charge is -2.22. The topological polar surface area (TPSA) is 36.9 Å². The molecule has 4 nitrogen and oxygen atoms in total. The van der Waals surface area contributed by atoms with E-state index in [1.54, 1.807) is 0 Å². The van der Waals surface area contributed by atoms with Gasteiger partial charge in [-0.1, -0.05) is 18.2 Å². The van der Waals surface area contributed by atoms with Crippen LogP contribution in [0.25, 0.3) is 0 Å². The van der Waals surface area contributed by atoms with Crippen LogP contribution in [0, 0.1) is 6.92 Å². The van der Waals surface area contributed by atoms with Crippen molar-refractivity contribution in [2.75, 3.05) is 45.8 Å². The second-order valence-electron chi connectivity index (χ2n) is 5.21. The molecule has 6 heteroatoms. The van der Waals surface area contributed by atoms with Gasteiger partial charge < -0.3 is 15.0 Å². The molecular weight excluding hydrogens is 421 g/mol. The highest BCUT2D eigenvalue weighted by atomic mass is 127. The van der Waals surface area contributed by atoms with Gasteiger partial charge in [0.1, 0.15) is 12.4 Å². The largest absolute Gasteiger partial charge is 0.491 e. The van der Waals surface area contributed by atoms with Crippen LogP contribution in [0.1, 0.15) is 18.4 Å². The highest BCUT2D eigenvalue weighted by Crippen LogP contribution is 2.15. The summed E-state index contributed by atoms with van der Waals surface area (Å²) >= 11 is 1.90. The van der Waals surface area contributed by atoms with E-state index in [1.807, 2.05) is 44.1 Å². The molecule has 0 aromatic heterocycles. The fraction of sp³-hybridized carbons (Fsp3) is 0.588. The molecule has 0 radical (unpaired) electrons. The highest BCUT2D eigenvalue weighted by molar-refractivity contribution is 14.0. The van der Waals surface area contributed by atoms with Crippen molar-refractivity contribution in [2.24, 2.45) is 4.99 Å². The average Bonchev–Trinajstić information content (AvgIpc) is 2.52. The number of hydrogen-bond acceptors (Lipinski definition) is 3. The molecule has 0 amide bonds. The Morgan fingerprint density at radius 2 is 2.04 bits per heavy atom. The third-order valence-electron chi connectivity index (χ3n) is 3.41. The van der Waals surface area contributed by atoms with Crippen LogP contribution >= 0.6 is 35.7 Å². The van der Waals surface area contributed by atoms with E-state index in [-0.39, 0.29) is 24.0 Å². The number of rotatable bonds is 9. The second-order valence-corrected chi connectivity index (χ2v) is 6.20. The normalized spacial score (nSPS) is 10.9. The number of aliphatic imine (C=N–C) groups is 1. The maximum absolute atomic E-state index is 5.83. The Hall–Kier alpha value is -0.630. The molecule has 1 aromatic rings. The van der Waals surface area contributed by atoms with Gasteiger partial charge in [-0.05, 0) is 43.4 Å². The standard InChI is InChI=1S/C17H29N3OS.HI/c1-15-9-5-6-10-16(15)21-13-12-20(3)17(18-2)19-11-7-8-14-22-4;/h5-6,9-10H,7-8,11-14H2,1-4H3,(H,18,19);1H. The van der Waals surface area contributed by atoms with Crippen LogP contribution in [0.4, 0.5) is 0 Å². The number of para-hydroxylation sites is 1. The van der Waals surface area contributed by atoms with Crippen LogP contribution in [0.5, 0.6) is 5.75 Å². The van der Waals surface area contributed by atoms with Crippen LogP contribution in [0.2, 0.25) is 0 Å². The third kappa shape index (κ3) is 9.30. The molecule has 0 heterocycles. The average molecular weight is 451 g/mol. The van der Waals surface area contributed by atoms with E-state index in [0.29, 0.717) is 6.61 Å². The van der Waals surface area contributed by atoms with Gasteiger partial charge >= 0.3 is 0 Å². The molecule has 0 atom stereocenters. The molecule has 1 rings (SSSR count). The molecule has 0 spiro atoms. The Balaban J connectivity index is 0.00000484. The van der Waals surface area contributed by atoms with Crippen molar-refractivity contribution in [1.82, 2.24) is 10.2 Å². The smallest absolute Gasteiger partial charge is 0.193 e. The van der Waals surface area contributed by atoms with Crippen LogP contribution in [0.3, 0.4) is 0 Å². The van der Waals surface area contributed by atoms with Crippen LogP contribution in [-0.4, -0.2) is 56.7 Å². The maximum Gasteiger partial charge on any atom is 0.193 e. The molecule has 1 N–H and O–H groups in total. The molecule has 0 aliphatic carbocycles. The number of nitrogens with one attached hydrogen (secondary N) is 1. The van der Waals surface area contributed by atoms with E-state index in [9.17, 15) is 0 Å². The Morgan fingerprint density at radius 1 is 1.30 bits per heavy atom. The van der Waals surface area contributed by atoms with E-state index < -0.39 is 0 Å². The summed E-state index contributed by atoms with van der Waals surface area (Å²) in [6, 6.07) is 8.10. The minimum Gasteiger partial charge on any atom is -0.491 e. The van der Waals surface area contributed by atoms with Crippen LogP contribution in [-0.2, 0) is 0 Å². The molecule has 132 valence electrons. The van der Waals surface area contributed by atoms with Gasteiger partial charge in [-0.3, -0.25) is 4.99 Å². The zero-order valence-corrected chi connectivity index (χ0v) is 17.8. The van der Waals surface area contributed by atoms with Crippen molar-refractivity contribution in [3.63, 3.8) is 0 Å². The summed E-state index contributed by atoms with van der Waals surface area (Å²) in [6.45, 7) is 4.48. The van der Waals surface area contributed by atoms with E-state index in [0.717, 1.165) is 24.8 Å². The van der Waals surface area contributed by atoms with Crippen molar-refractivity contribution in [2.45, 2.75) is 19.8 Å². The van der Waals surface area contributed by atoms with Gasteiger partial charge in [-0.15, -0.1) is 24.0 Å². The van der Waals surface area contributed by atoms with Crippen molar-refractivity contribution in [3.8, 4) is 5.75 Å². The number of guanidine groups is 1. The Kier molecular flexibility index (Phi) is 13.4. The maximum atomic E-state index is 5.83. The molecular formula is C17H30IN3OS. The van der Waals surface area contributed by atoms with Crippen molar-refractivity contribution in [3.05, 3.63) is 29.8 Å². The first kappa shape index (κ1) is 22.4. The number of benzene rings is 1. The summed E-state index contributed by atoms with van der Waals surface area (Å²) in [5, 5.41) is 3.40. The first-order chi connectivity index (χ1) is 10.7. The fourth-order valence-corrected chi connectivity index (χ4v) is 2.57. The molecule has 0 bridgehead atoms. The molecule has 0 saturated carbocycles. The van der Waals surface area contributed by atoms with Gasteiger partial charge in [-0.25, -0.2) is 0 Å². The van der Waals surface area contributed by atoms with Crippen molar-refractivity contribution in [1.29, 1.82) is 0 Å². The summed E-state index contributed by atoms with van der Waals surface area (Å²) in [5.74, 6) is 3.11. The second kappa shape index (κ2) is 13.8. The van der Waals surface area contributed by atoms with E-state index in [4.69, 9.17) is 4.74 Å². The first-order valence-corrected chi connectivity index (χ1v) is 9.17. The third-order valence-corrected chi connectivity index (χ3v) is 4.11. The van der Waals surface area contributed by atoms with Crippen molar-refractivity contribution >= 4 is 41.7 Å². The zero-order chi connectivity index (χ0) is 16.2. The summed E-state index contributed by atoms with van der Waals surface area (Å²) in [6.07, 6.45) is 4.56. The van der Waals surface area contributed by atoms with Gasteiger partial charge in [0, 0.05) is 20.6 Å². The number of thioether (sulfide) groups is 1. The molecule has 23 heavy (non-hydrogen) atoms. The number of aryl methyl sites for hydroxylation is 1. The minimum atomic E-state index is 0. The molecule has 1 aromatic carbocycles. The summed E-state index contributed by atoms with van der Waals surface area (Å²) in [7, 11) is 3.86. The predicted molar refractivity (Wildman–Crippen MR) is 114 cm³/mol. The number of likely N-dealkylation sites (N-methyl/N-ethyl adjacent to an activating group) is 1. The Labute approximate surface area is 162 Å². The summed E-state index contributed by atoms with van der Waals surface area (Å²) in [4.78, 5) is 6.42. The predicted octanol–water partition coefficient (Wildman–Crippen LogP) is 3.64. The van der Waals surface area contributed by atoms with Crippen LogP contribution < -0.4 is 10.1 Å². The number of unbranched alkanes of at least 4 members (excludes halogenated alkanes) is 1. The lowest BCUT2D eigenvalue weighted by atomic mass is 10.2. The van der Waals surface area contributed by atoms with Crippen molar-refractivity contribution < 1.29 is 4.74 Å². The molecule has 0 unspecified atom stereocenters. The lowest BCUT2D eigenvalue weighted by Crippen LogP contribution is -2.41. The molecule has 0 aliphatic heterocycles. The molecule has 0 saturated heterocycles. The Bertz CT molecular complexity index is 457. The SMILES string of the molecule is CN=C(NCCCCSC)N(C)CCOc1ccccc1C.I. The quantitative estimate of drug-likeness (QED) is 0.269. The summed E-state index contributed by atoms with van der Waals surface area (Å²) < 4.78 is 5.83. The van der Waals surface area contributed by atoms with E-state index in [2.05, 4.69) is 34.5 Å². The van der Waals surface area contributed by atoms with E-state index >= 15 is 0 Å². The number of hydrogen-bond donors (Lipinski definition) is 1. The Morgan fingerprint density at radius 3 is 2.70 bits per heavy atom. The van der Waals surface area contributed by atoms with Gasteiger partial charge in [0.25, 0.3) is 0 Å². The number of nitrogens with zero attached hydrogens (tertiary/aromatic N) is 2. The van der Waals surface area contributed by atoms with Gasteiger partial charge in [0.2, 0.25) is 0 Å². The monoisotopic (exact) mass is 451 g/mol. The van der Waals surface area contributed by atoms with Gasteiger partial charge in [0.15, 0.2) is 5.96 Å². The van der Waals surface area contributed by atoms with Gasteiger partial charge in [0.05, 0.1) is 6.54 Å². The highest BCUT2D eigenvalue weighted by Gasteiger charge is 2.05. The van der Waals surface area contributed by atoms with Crippen LogP contribution in [0.15, 0.2) is 29.3 Å². The molecule has 0 aliphatic rings.